The van der Waals surface area contributed by atoms with Gasteiger partial charge in [0, 0.05) is 23.4 Å². The SMILES string of the molecule is CCOC(=O)c1cnc(F)cc1-c1cc(C#N)ccc1OC. The Morgan fingerprint density at radius 2 is 2.14 bits per heavy atom. The number of nitriles is 1. The number of hydrogen-bond donors (Lipinski definition) is 0. The molecule has 0 fully saturated rings. The molecule has 1 aromatic heterocycles. The largest absolute Gasteiger partial charge is 0.496 e. The summed E-state index contributed by atoms with van der Waals surface area (Å²) >= 11 is 0. The fourth-order valence-electron chi connectivity index (χ4n) is 2.01. The van der Waals surface area contributed by atoms with Crippen molar-refractivity contribution in [2.24, 2.45) is 0 Å². The first-order valence-electron chi connectivity index (χ1n) is 6.51. The van der Waals surface area contributed by atoms with E-state index in [1.165, 1.54) is 13.2 Å². The van der Waals surface area contributed by atoms with Gasteiger partial charge in [-0.25, -0.2) is 9.78 Å². The van der Waals surface area contributed by atoms with Gasteiger partial charge in [0.05, 0.1) is 30.9 Å². The maximum absolute atomic E-state index is 13.5. The van der Waals surface area contributed by atoms with Crippen molar-refractivity contribution >= 4 is 5.97 Å². The number of hydrogen-bond acceptors (Lipinski definition) is 5. The molecular weight excluding hydrogens is 287 g/mol. The standard InChI is InChI=1S/C16H13FN2O3/c1-3-22-16(20)13-9-19-15(17)7-11(13)12-6-10(8-18)4-5-14(12)21-2/h4-7,9H,3H2,1-2H3. The van der Waals surface area contributed by atoms with Crippen LogP contribution >= 0.6 is 0 Å². The lowest BCUT2D eigenvalue weighted by Gasteiger charge is -2.12. The number of benzene rings is 1. The third-order valence-electron chi connectivity index (χ3n) is 2.98. The molecular formula is C16H13FN2O3. The van der Waals surface area contributed by atoms with Crippen molar-refractivity contribution in [3.8, 4) is 22.9 Å². The van der Waals surface area contributed by atoms with Gasteiger partial charge in [0.25, 0.3) is 0 Å². The second kappa shape index (κ2) is 6.68. The Kier molecular flexibility index (Phi) is 4.69. The van der Waals surface area contributed by atoms with E-state index in [2.05, 4.69) is 4.98 Å². The molecule has 0 bridgehead atoms. The third-order valence-corrected chi connectivity index (χ3v) is 2.98. The minimum absolute atomic E-state index is 0.108. The van der Waals surface area contributed by atoms with Crippen LogP contribution in [0.2, 0.25) is 0 Å². The molecule has 0 saturated carbocycles. The maximum Gasteiger partial charge on any atom is 0.340 e. The summed E-state index contributed by atoms with van der Waals surface area (Å²) in [6.07, 6.45) is 1.11. The van der Waals surface area contributed by atoms with E-state index in [-0.39, 0.29) is 17.7 Å². The highest BCUT2D eigenvalue weighted by Gasteiger charge is 2.19. The summed E-state index contributed by atoms with van der Waals surface area (Å²) in [5, 5.41) is 9.02. The number of esters is 1. The zero-order chi connectivity index (χ0) is 16.1. The van der Waals surface area contributed by atoms with Crippen LogP contribution in [0.4, 0.5) is 4.39 Å². The normalized spacial score (nSPS) is 9.91. The summed E-state index contributed by atoms with van der Waals surface area (Å²) < 4.78 is 23.7. The average molecular weight is 300 g/mol. The van der Waals surface area contributed by atoms with Crippen LogP contribution in [0.3, 0.4) is 0 Å². The Morgan fingerprint density at radius 1 is 1.36 bits per heavy atom. The highest BCUT2D eigenvalue weighted by Crippen LogP contribution is 2.33. The average Bonchev–Trinajstić information content (AvgIpc) is 2.54. The van der Waals surface area contributed by atoms with Crippen molar-refractivity contribution in [2.75, 3.05) is 13.7 Å². The fourth-order valence-corrected chi connectivity index (χ4v) is 2.01. The highest BCUT2D eigenvalue weighted by molar-refractivity contribution is 5.98. The number of aromatic nitrogens is 1. The molecule has 0 radical (unpaired) electrons. The van der Waals surface area contributed by atoms with Crippen LogP contribution < -0.4 is 4.74 Å². The molecule has 6 heteroatoms. The molecule has 0 N–H and O–H groups in total. The molecule has 0 unspecified atom stereocenters. The number of pyridine rings is 1. The quantitative estimate of drug-likeness (QED) is 0.641. The van der Waals surface area contributed by atoms with E-state index in [1.807, 2.05) is 6.07 Å². The van der Waals surface area contributed by atoms with Gasteiger partial charge in [-0.2, -0.15) is 9.65 Å². The van der Waals surface area contributed by atoms with Gasteiger partial charge in [-0.3, -0.25) is 0 Å². The van der Waals surface area contributed by atoms with E-state index >= 15 is 0 Å². The summed E-state index contributed by atoms with van der Waals surface area (Å²) in [6.45, 7) is 1.86. The number of rotatable bonds is 4. The Labute approximate surface area is 126 Å². The monoisotopic (exact) mass is 300 g/mol. The Balaban J connectivity index is 2.68. The predicted octanol–water partition coefficient (Wildman–Crippen LogP) is 2.94. The minimum Gasteiger partial charge on any atom is -0.496 e. The van der Waals surface area contributed by atoms with Crippen LogP contribution in [0.15, 0.2) is 30.5 Å². The Bertz CT molecular complexity index is 754. The fraction of sp³-hybridized carbons (Fsp3) is 0.188. The smallest absolute Gasteiger partial charge is 0.340 e. The molecule has 0 saturated heterocycles. The number of carbonyl (C=O) groups excluding carboxylic acids is 1. The summed E-state index contributed by atoms with van der Waals surface area (Å²) in [4.78, 5) is 15.5. The van der Waals surface area contributed by atoms with Crippen molar-refractivity contribution in [3.05, 3.63) is 47.5 Å². The lowest BCUT2D eigenvalue weighted by molar-refractivity contribution is 0.0526. The van der Waals surface area contributed by atoms with Crippen molar-refractivity contribution in [3.63, 3.8) is 0 Å². The van der Waals surface area contributed by atoms with Crippen LogP contribution in [-0.4, -0.2) is 24.7 Å². The van der Waals surface area contributed by atoms with Crippen LogP contribution in [0.5, 0.6) is 5.75 Å². The predicted molar refractivity (Wildman–Crippen MR) is 76.9 cm³/mol. The molecule has 0 aliphatic rings. The number of methoxy groups -OCH3 is 1. The zero-order valence-electron chi connectivity index (χ0n) is 12.1. The minimum atomic E-state index is -0.743. The van der Waals surface area contributed by atoms with E-state index in [0.717, 1.165) is 12.3 Å². The number of ether oxygens (including phenoxy) is 2. The van der Waals surface area contributed by atoms with E-state index in [4.69, 9.17) is 14.7 Å². The lowest BCUT2D eigenvalue weighted by Crippen LogP contribution is -2.08. The van der Waals surface area contributed by atoms with Gasteiger partial charge in [0.2, 0.25) is 5.95 Å². The van der Waals surface area contributed by atoms with E-state index in [1.54, 1.807) is 19.1 Å². The second-order valence-electron chi connectivity index (χ2n) is 4.30. The van der Waals surface area contributed by atoms with Gasteiger partial charge in [0.15, 0.2) is 0 Å². The first-order valence-corrected chi connectivity index (χ1v) is 6.51. The summed E-state index contributed by atoms with van der Waals surface area (Å²) in [5.74, 6) is -0.947. The van der Waals surface area contributed by atoms with Crippen molar-refractivity contribution < 1.29 is 18.7 Å². The topological polar surface area (TPSA) is 72.2 Å². The molecule has 1 aromatic carbocycles. The van der Waals surface area contributed by atoms with Gasteiger partial charge in [-0.05, 0) is 25.1 Å². The first kappa shape index (κ1) is 15.4. The van der Waals surface area contributed by atoms with Gasteiger partial charge >= 0.3 is 5.97 Å². The van der Waals surface area contributed by atoms with Crippen LogP contribution in [0.25, 0.3) is 11.1 Å². The maximum atomic E-state index is 13.5. The lowest BCUT2D eigenvalue weighted by atomic mass is 9.99. The summed E-state index contributed by atoms with van der Waals surface area (Å²) in [5.41, 5.74) is 1.16. The van der Waals surface area contributed by atoms with Gasteiger partial charge in [-0.1, -0.05) is 0 Å². The molecule has 22 heavy (non-hydrogen) atoms. The molecule has 112 valence electrons. The summed E-state index contributed by atoms with van der Waals surface area (Å²) in [6, 6.07) is 7.79. The van der Waals surface area contributed by atoms with Gasteiger partial charge < -0.3 is 9.47 Å². The van der Waals surface area contributed by atoms with Crippen LogP contribution in [0.1, 0.15) is 22.8 Å². The molecule has 0 atom stereocenters. The van der Waals surface area contributed by atoms with Crippen molar-refractivity contribution in [2.45, 2.75) is 6.92 Å². The van der Waals surface area contributed by atoms with Crippen LogP contribution in [0, 0.1) is 17.3 Å². The highest BCUT2D eigenvalue weighted by atomic mass is 19.1. The Morgan fingerprint density at radius 3 is 2.77 bits per heavy atom. The molecule has 0 aliphatic heterocycles. The molecule has 0 amide bonds. The van der Waals surface area contributed by atoms with E-state index in [0.29, 0.717) is 16.9 Å². The van der Waals surface area contributed by atoms with E-state index in [9.17, 15) is 9.18 Å². The molecule has 1 heterocycles. The molecule has 2 aromatic rings. The molecule has 5 nitrogen and oxygen atoms in total. The second-order valence-corrected chi connectivity index (χ2v) is 4.30. The van der Waals surface area contributed by atoms with Crippen molar-refractivity contribution in [1.82, 2.24) is 4.98 Å². The van der Waals surface area contributed by atoms with Gasteiger partial charge in [0.1, 0.15) is 5.75 Å². The Hall–Kier alpha value is -2.94. The zero-order valence-corrected chi connectivity index (χ0v) is 12.1. The van der Waals surface area contributed by atoms with Crippen LogP contribution in [-0.2, 0) is 4.74 Å². The first-order chi connectivity index (χ1) is 10.6. The molecule has 0 spiro atoms. The van der Waals surface area contributed by atoms with Gasteiger partial charge in [-0.15, -0.1) is 0 Å². The number of halogens is 1. The van der Waals surface area contributed by atoms with Crippen molar-refractivity contribution in [1.29, 1.82) is 5.26 Å². The number of nitrogens with zero attached hydrogens (tertiary/aromatic N) is 2. The molecule has 2 rings (SSSR count). The van der Waals surface area contributed by atoms with E-state index < -0.39 is 11.9 Å². The summed E-state index contributed by atoms with van der Waals surface area (Å²) in [7, 11) is 1.45. The molecule has 0 aliphatic carbocycles. The third kappa shape index (κ3) is 3.04. The number of carbonyl (C=O) groups is 1.